The molecule has 0 atom stereocenters. The van der Waals surface area contributed by atoms with Crippen LogP contribution in [0.2, 0.25) is 5.15 Å². The maximum Gasteiger partial charge on any atom is 0.151 e. The van der Waals surface area contributed by atoms with Crippen molar-refractivity contribution in [3.8, 4) is 0 Å². The molecule has 1 saturated heterocycles. The predicted molar refractivity (Wildman–Crippen MR) is 63.0 cm³/mol. The number of nitrogens with two attached hydrogens (primary N) is 1. The van der Waals surface area contributed by atoms with Crippen LogP contribution in [0.1, 0.15) is 24.3 Å². The fraction of sp³-hybridized carbons (Fsp3) is 0.500. The second-order valence-corrected chi connectivity index (χ2v) is 5.12. The Morgan fingerprint density at radius 1 is 1.43 bits per heavy atom. The summed E-state index contributed by atoms with van der Waals surface area (Å²) in [5.41, 5.74) is 7.57. The van der Waals surface area contributed by atoms with Gasteiger partial charge in [0.25, 0.3) is 0 Å². The van der Waals surface area contributed by atoms with Crippen LogP contribution in [-0.4, -0.2) is 16.5 Å². The Morgan fingerprint density at radius 2 is 2.14 bits per heavy atom. The Morgan fingerprint density at radius 3 is 2.79 bits per heavy atom. The molecule has 1 aromatic rings. The monoisotopic (exact) mass is 228 g/mol. The minimum absolute atomic E-state index is 0.416. The maximum absolute atomic E-state index is 5.78. The van der Waals surface area contributed by atoms with Crippen molar-refractivity contribution in [1.82, 2.24) is 4.98 Å². The molecule has 0 aromatic carbocycles. The zero-order valence-electron chi connectivity index (χ0n) is 7.87. The number of nitrogen functional groups attached to an aromatic ring is 1. The molecule has 0 aliphatic carbocycles. The minimum Gasteiger partial charge on any atom is -0.396 e. The number of nitrogens with zero attached hydrogens (tertiary/aromatic N) is 1. The zero-order chi connectivity index (χ0) is 9.97. The van der Waals surface area contributed by atoms with Crippen LogP contribution < -0.4 is 5.73 Å². The van der Waals surface area contributed by atoms with Crippen LogP contribution in [0, 0.1) is 0 Å². The highest BCUT2D eigenvalue weighted by atomic mass is 35.5. The summed E-state index contributed by atoms with van der Waals surface area (Å²) in [6.07, 6.45) is 4.32. The summed E-state index contributed by atoms with van der Waals surface area (Å²) in [7, 11) is 0. The summed E-state index contributed by atoms with van der Waals surface area (Å²) in [4.78, 5) is 4.09. The molecule has 14 heavy (non-hydrogen) atoms. The van der Waals surface area contributed by atoms with Crippen LogP contribution in [-0.2, 0) is 0 Å². The topological polar surface area (TPSA) is 38.9 Å². The molecule has 76 valence electrons. The summed E-state index contributed by atoms with van der Waals surface area (Å²) in [6.45, 7) is 0. The Balaban J connectivity index is 2.18. The van der Waals surface area contributed by atoms with E-state index in [1.165, 1.54) is 29.9 Å². The first-order valence-corrected chi connectivity index (χ1v) is 6.29. The van der Waals surface area contributed by atoms with Gasteiger partial charge in [-0.1, -0.05) is 11.6 Å². The molecule has 2 N–H and O–H groups in total. The SMILES string of the molecule is Nc1cc(C2CCSCC2)cnc1Cl. The summed E-state index contributed by atoms with van der Waals surface area (Å²) in [5.74, 6) is 3.11. The number of anilines is 1. The fourth-order valence-electron chi connectivity index (χ4n) is 1.74. The highest BCUT2D eigenvalue weighted by Gasteiger charge is 2.16. The van der Waals surface area contributed by atoms with Gasteiger partial charge in [0, 0.05) is 6.20 Å². The maximum atomic E-state index is 5.78. The van der Waals surface area contributed by atoms with Crippen LogP contribution in [0.25, 0.3) is 0 Å². The van der Waals surface area contributed by atoms with Crippen molar-refractivity contribution in [2.45, 2.75) is 18.8 Å². The second kappa shape index (κ2) is 4.41. The molecule has 1 aliphatic heterocycles. The Labute approximate surface area is 93.2 Å². The van der Waals surface area contributed by atoms with Crippen molar-refractivity contribution in [1.29, 1.82) is 0 Å². The van der Waals surface area contributed by atoms with E-state index in [4.69, 9.17) is 17.3 Å². The van der Waals surface area contributed by atoms with Gasteiger partial charge in [0.2, 0.25) is 0 Å². The van der Waals surface area contributed by atoms with Gasteiger partial charge in [-0.05, 0) is 41.9 Å². The number of halogens is 1. The predicted octanol–water partition coefficient (Wildman–Crippen LogP) is 2.93. The first-order valence-electron chi connectivity index (χ1n) is 4.76. The van der Waals surface area contributed by atoms with Gasteiger partial charge in [0.05, 0.1) is 5.69 Å². The molecule has 2 heterocycles. The van der Waals surface area contributed by atoms with E-state index in [0.29, 0.717) is 16.8 Å². The largest absolute Gasteiger partial charge is 0.396 e. The fourth-order valence-corrected chi connectivity index (χ4v) is 2.95. The standard InChI is InChI=1S/C10H13ClN2S/c11-10-9(12)5-8(6-13-10)7-1-3-14-4-2-7/h5-7H,1-4,12H2. The lowest BCUT2D eigenvalue weighted by Crippen LogP contribution is -2.08. The van der Waals surface area contributed by atoms with Crippen LogP contribution in [0.15, 0.2) is 12.3 Å². The van der Waals surface area contributed by atoms with Crippen molar-refractivity contribution in [3.63, 3.8) is 0 Å². The van der Waals surface area contributed by atoms with Gasteiger partial charge in [0.1, 0.15) is 0 Å². The minimum atomic E-state index is 0.416. The number of rotatable bonds is 1. The van der Waals surface area contributed by atoms with E-state index in [1.807, 2.05) is 24.0 Å². The molecule has 4 heteroatoms. The van der Waals surface area contributed by atoms with Crippen molar-refractivity contribution in [3.05, 3.63) is 23.0 Å². The Kier molecular flexibility index (Phi) is 3.19. The Hall–Kier alpha value is -0.410. The van der Waals surface area contributed by atoms with E-state index in [0.717, 1.165) is 0 Å². The lowest BCUT2D eigenvalue weighted by Gasteiger charge is -2.21. The molecular formula is C10H13ClN2S. The van der Waals surface area contributed by atoms with Crippen LogP contribution in [0.5, 0.6) is 0 Å². The number of hydrogen-bond donors (Lipinski definition) is 1. The van der Waals surface area contributed by atoms with Crippen molar-refractivity contribution in [2.24, 2.45) is 0 Å². The molecule has 1 fully saturated rings. The third kappa shape index (κ3) is 2.15. The number of aromatic nitrogens is 1. The normalized spacial score (nSPS) is 18.4. The zero-order valence-corrected chi connectivity index (χ0v) is 9.44. The number of thioether (sulfide) groups is 1. The summed E-state index contributed by atoms with van der Waals surface area (Å²) >= 11 is 7.80. The summed E-state index contributed by atoms with van der Waals surface area (Å²) in [6, 6.07) is 1.97. The molecule has 1 aliphatic rings. The number of pyridine rings is 1. The van der Waals surface area contributed by atoms with E-state index in [9.17, 15) is 0 Å². The van der Waals surface area contributed by atoms with Gasteiger partial charge in [-0.2, -0.15) is 11.8 Å². The molecule has 0 spiro atoms. The van der Waals surface area contributed by atoms with E-state index in [-0.39, 0.29) is 0 Å². The third-order valence-electron chi connectivity index (χ3n) is 2.58. The first-order chi connectivity index (χ1) is 6.77. The lowest BCUT2D eigenvalue weighted by molar-refractivity contribution is 0.635. The van der Waals surface area contributed by atoms with Crippen molar-refractivity contribution >= 4 is 29.1 Å². The van der Waals surface area contributed by atoms with E-state index >= 15 is 0 Å². The average molecular weight is 229 g/mol. The molecule has 2 rings (SSSR count). The molecule has 2 nitrogen and oxygen atoms in total. The average Bonchev–Trinajstić information content (AvgIpc) is 2.23. The molecule has 0 amide bonds. The Bertz CT molecular complexity index is 324. The molecule has 0 radical (unpaired) electrons. The van der Waals surface area contributed by atoms with Crippen LogP contribution in [0.3, 0.4) is 0 Å². The molecular weight excluding hydrogens is 216 g/mol. The van der Waals surface area contributed by atoms with Crippen molar-refractivity contribution < 1.29 is 0 Å². The third-order valence-corrected chi connectivity index (χ3v) is 3.94. The van der Waals surface area contributed by atoms with Gasteiger partial charge in [0.15, 0.2) is 5.15 Å². The van der Waals surface area contributed by atoms with Crippen LogP contribution >= 0.6 is 23.4 Å². The molecule has 0 saturated carbocycles. The second-order valence-electron chi connectivity index (χ2n) is 3.54. The molecule has 1 aromatic heterocycles. The number of hydrogen-bond acceptors (Lipinski definition) is 3. The first kappa shape index (κ1) is 10.1. The summed E-state index contributed by atoms with van der Waals surface area (Å²) in [5, 5.41) is 0.416. The van der Waals surface area contributed by atoms with E-state index in [2.05, 4.69) is 4.98 Å². The van der Waals surface area contributed by atoms with Gasteiger partial charge in [-0.3, -0.25) is 0 Å². The van der Waals surface area contributed by atoms with Crippen molar-refractivity contribution in [2.75, 3.05) is 17.2 Å². The molecule has 0 unspecified atom stereocenters. The van der Waals surface area contributed by atoms with E-state index in [1.54, 1.807) is 0 Å². The quantitative estimate of drug-likeness (QED) is 0.752. The molecule has 0 bridgehead atoms. The van der Waals surface area contributed by atoms with Gasteiger partial charge < -0.3 is 5.73 Å². The van der Waals surface area contributed by atoms with E-state index < -0.39 is 0 Å². The van der Waals surface area contributed by atoms with Gasteiger partial charge in [-0.25, -0.2) is 4.98 Å². The highest BCUT2D eigenvalue weighted by Crippen LogP contribution is 2.32. The van der Waals surface area contributed by atoms with Crippen LogP contribution in [0.4, 0.5) is 5.69 Å². The van der Waals surface area contributed by atoms with Gasteiger partial charge in [-0.15, -0.1) is 0 Å². The highest BCUT2D eigenvalue weighted by molar-refractivity contribution is 7.99. The smallest absolute Gasteiger partial charge is 0.151 e. The van der Waals surface area contributed by atoms with Gasteiger partial charge >= 0.3 is 0 Å². The lowest BCUT2D eigenvalue weighted by atomic mass is 9.95. The summed E-state index contributed by atoms with van der Waals surface area (Å²) < 4.78 is 0.